The van der Waals surface area contributed by atoms with Gasteiger partial charge in [0.25, 0.3) is 0 Å². The molecule has 0 aromatic heterocycles. The number of benzene rings is 3. The summed E-state index contributed by atoms with van der Waals surface area (Å²) in [6, 6.07) is 23.2. The first-order valence-electron chi connectivity index (χ1n) is 13.0. The molecule has 0 N–H and O–H groups in total. The van der Waals surface area contributed by atoms with E-state index < -0.39 is 11.8 Å². The molecule has 1 saturated carbocycles. The average Bonchev–Trinajstić information content (AvgIpc) is 3.19. The lowest BCUT2D eigenvalue weighted by Crippen LogP contribution is -2.41. The molecule has 4 aliphatic carbocycles. The molecule has 2 atom stereocenters. The van der Waals surface area contributed by atoms with Crippen LogP contribution in [0.4, 0.5) is 5.69 Å². The van der Waals surface area contributed by atoms with Gasteiger partial charge in [0.2, 0.25) is 11.8 Å². The molecule has 1 aliphatic heterocycles. The van der Waals surface area contributed by atoms with E-state index in [1.807, 2.05) is 24.3 Å². The maximum absolute atomic E-state index is 13.9. The molecule has 1 heterocycles. The smallest absolute Gasteiger partial charge is 0.338 e. The lowest BCUT2D eigenvalue weighted by molar-refractivity contribution is -0.122. The Labute approximate surface area is 210 Å². The number of amides is 2. The van der Waals surface area contributed by atoms with E-state index in [1.165, 1.54) is 11.3 Å². The van der Waals surface area contributed by atoms with E-state index in [2.05, 4.69) is 24.3 Å². The zero-order valence-corrected chi connectivity index (χ0v) is 19.9. The van der Waals surface area contributed by atoms with Gasteiger partial charge in [0.05, 0.1) is 23.1 Å². The van der Waals surface area contributed by atoms with Crippen molar-refractivity contribution in [1.82, 2.24) is 0 Å². The summed E-state index contributed by atoms with van der Waals surface area (Å²) in [6.45, 7) is 0. The minimum absolute atomic E-state index is 0.0551. The Morgan fingerprint density at radius 1 is 0.694 bits per heavy atom. The van der Waals surface area contributed by atoms with Crippen molar-refractivity contribution in [1.29, 1.82) is 0 Å². The van der Waals surface area contributed by atoms with Crippen LogP contribution in [0.2, 0.25) is 0 Å². The average molecular weight is 478 g/mol. The molecule has 1 saturated heterocycles. The van der Waals surface area contributed by atoms with Crippen LogP contribution in [0, 0.1) is 11.8 Å². The highest BCUT2D eigenvalue weighted by Gasteiger charge is 2.61. The van der Waals surface area contributed by atoms with Gasteiger partial charge in [-0.05, 0) is 66.1 Å². The molecule has 5 nitrogen and oxygen atoms in total. The monoisotopic (exact) mass is 477 g/mol. The maximum Gasteiger partial charge on any atom is 0.338 e. The van der Waals surface area contributed by atoms with E-state index in [0.717, 1.165) is 47.9 Å². The molecule has 2 bridgehead atoms. The third-order valence-electron chi connectivity index (χ3n) is 8.61. The van der Waals surface area contributed by atoms with Crippen LogP contribution in [0.15, 0.2) is 72.8 Å². The molecule has 36 heavy (non-hydrogen) atoms. The zero-order chi connectivity index (χ0) is 24.4. The summed E-state index contributed by atoms with van der Waals surface area (Å²) in [5, 5.41) is 0. The van der Waals surface area contributed by atoms with Crippen LogP contribution < -0.4 is 4.90 Å². The Morgan fingerprint density at radius 2 is 1.22 bits per heavy atom. The van der Waals surface area contributed by atoms with Crippen LogP contribution in [-0.2, 0) is 14.3 Å². The van der Waals surface area contributed by atoms with E-state index in [-0.39, 0.29) is 35.7 Å². The second-order valence-electron chi connectivity index (χ2n) is 10.5. The molecule has 0 radical (unpaired) electrons. The maximum atomic E-state index is 13.9. The van der Waals surface area contributed by atoms with Crippen LogP contribution in [0.5, 0.6) is 0 Å². The number of hydrogen-bond acceptors (Lipinski definition) is 4. The third-order valence-corrected chi connectivity index (χ3v) is 8.61. The molecule has 5 aliphatic rings. The van der Waals surface area contributed by atoms with Gasteiger partial charge in [-0.15, -0.1) is 0 Å². The normalized spacial score (nSPS) is 26.4. The fraction of sp³-hybridized carbons (Fsp3) is 0.323. The quantitative estimate of drug-likeness (QED) is 0.365. The van der Waals surface area contributed by atoms with Crippen LogP contribution in [0.3, 0.4) is 0 Å². The van der Waals surface area contributed by atoms with Gasteiger partial charge in [-0.25, -0.2) is 9.69 Å². The molecule has 0 spiro atoms. The number of esters is 1. The highest BCUT2D eigenvalue weighted by atomic mass is 16.5. The van der Waals surface area contributed by atoms with E-state index in [4.69, 9.17) is 4.74 Å². The summed E-state index contributed by atoms with van der Waals surface area (Å²) in [4.78, 5) is 42.1. The molecule has 8 rings (SSSR count). The topological polar surface area (TPSA) is 63.7 Å². The number of imide groups is 1. The Kier molecular flexibility index (Phi) is 4.88. The van der Waals surface area contributed by atoms with Crippen LogP contribution in [0.1, 0.15) is 76.6 Å². The van der Waals surface area contributed by atoms with Gasteiger partial charge in [-0.1, -0.05) is 61.0 Å². The number of carbonyl (C=O) groups excluding carboxylic acids is 3. The van der Waals surface area contributed by atoms with Gasteiger partial charge in [-0.3, -0.25) is 9.59 Å². The van der Waals surface area contributed by atoms with Crippen LogP contribution in [0.25, 0.3) is 0 Å². The van der Waals surface area contributed by atoms with Crippen molar-refractivity contribution < 1.29 is 19.1 Å². The fourth-order valence-electron chi connectivity index (χ4n) is 7.11. The minimum atomic E-state index is -0.440. The zero-order valence-electron chi connectivity index (χ0n) is 19.9. The number of carbonyl (C=O) groups is 3. The van der Waals surface area contributed by atoms with E-state index in [0.29, 0.717) is 11.3 Å². The second-order valence-corrected chi connectivity index (χ2v) is 10.5. The van der Waals surface area contributed by atoms with Crippen molar-refractivity contribution in [2.45, 2.75) is 50.0 Å². The molecule has 3 aromatic carbocycles. The van der Waals surface area contributed by atoms with Crippen molar-refractivity contribution in [3.63, 3.8) is 0 Å². The number of ether oxygens (including phenoxy) is 1. The highest BCUT2D eigenvalue weighted by Crippen LogP contribution is 2.61. The van der Waals surface area contributed by atoms with Crippen molar-refractivity contribution in [2.24, 2.45) is 11.8 Å². The van der Waals surface area contributed by atoms with Gasteiger partial charge in [-0.2, -0.15) is 0 Å². The highest BCUT2D eigenvalue weighted by molar-refractivity contribution is 6.23. The largest absolute Gasteiger partial charge is 0.459 e. The first-order chi connectivity index (χ1) is 17.6. The van der Waals surface area contributed by atoms with Gasteiger partial charge in [0.15, 0.2) is 0 Å². The number of hydrogen-bond donors (Lipinski definition) is 0. The fourth-order valence-corrected chi connectivity index (χ4v) is 7.11. The molecule has 180 valence electrons. The standard InChI is InChI=1S/C31H27NO4/c33-29-27-25-21-13-4-5-14-22(21)26(24-16-7-6-15-23(24)25)28(27)30(34)32(29)19-10-8-9-18(17-19)31(35)36-20-11-2-1-3-12-20/h4-10,13-17,20,25-28H,1-3,11-12H2. The Morgan fingerprint density at radius 3 is 1.75 bits per heavy atom. The summed E-state index contributed by atoms with van der Waals surface area (Å²) in [6.07, 6.45) is 5.06. The molecule has 2 amide bonds. The lowest BCUT2D eigenvalue weighted by Gasteiger charge is -2.45. The van der Waals surface area contributed by atoms with Gasteiger partial charge < -0.3 is 4.74 Å². The third kappa shape index (κ3) is 3.05. The molecule has 2 unspecified atom stereocenters. The predicted molar refractivity (Wildman–Crippen MR) is 135 cm³/mol. The Bertz CT molecular complexity index is 1290. The van der Waals surface area contributed by atoms with Crippen molar-refractivity contribution in [2.75, 3.05) is 4.90 Å². The molecule has 5 heteroatoms. The SMILES string of the molecule is O=C(OC1CCCCC1)c1cccc(N2C(=O)C3C4c5ccccc5C(c5ccccc54)C3C2=O)c1. The van der Waals surface area contributed by atoms with E-state index >= 15 is 0 Å². The predicted octanol–water partition coefficient (Wildman–Crippen LogP) is 5.57. The second kappa shape index (κ2) is 8.16. The van der Waals surface area contributed by atoms with Gasteiger partial charge >= 0.3 is 5.97 Å². The van der Waals surface area contributed by atoms with Crippen molar-refractivity contribution >= 4 is 23.5 Å². The first kappa shape index (κ1) is 21.5. The summed E-state index contributed by atoms with van der Waals surface area (Å²) >= 11 is 0. The molecule has 3 aromatic rings. The summed E-state index contributed by atoms with van der Waals surface area (Å²) in [7, 11) is 0. The summed E-state index contributed by atoms with van der Waals surface area (Å²) < 4.78 is 5.74. The van der Waals surface area contributed by atoms with Crippen LogP contribution >= 0.6 is 0 Å². The number of nitrogens with zero attached hydrogens (tertiary/aromatic N) is 1. The molecular formula is C31H27NO4. The minimum Gasteiger partial charge on any atom is -0.459 e. The van der Waals surface area contributed by atoms with E-state index in [9.17, 15) is 14.4 Å². The van der Waals surface area contributed by atoms with Crippen molar-refractivity contribution in [3.05, 3.63) is 101 Å². The lowest BCUT2D eigenvalue weighted by atomic mass is 9.55. The molecule has 2 fully saturated rings. The van der Waals surface area contributed by atoms with Crippen molar-refractivity contribution in [3.8, 4) is 0 Å². The Hall–Kier alpha value is -3.73. The molecular weight excluding hydrogens is 450 g/mol. The number of anilines is 1. The first-order valence-corrected chi connectivity index (χ1v) is 13.0. The van der Waals surface area contributed by atoms with Crippen LogP contribution in [-0.4, -0.2) is 23.9 Å². The number of rotatable bonds is 3. The van der Waals surface area contributed by atoms with Gasteiger partial charge in [0.1, 0.15) is 6.10 Å². The van der Waals surface area contributed by atoms with E-state index in [1.54, 1.807) is 24.3 Å². The summed E-state index contributed by atoms with van der Waals surface area (Å²) in [5.41, 5.74) is 5.42. The van der Waals surface area contributed by atoms with Gasteiger partial charge in [0, 0.05) is 11.8 Å². The Balaban J connectivity index is 1.25. The summed E-state index contributed by atoms with van der Waals surface area (Å²) in [5.74, 6) is -1.92.